The van der Waals surface area contributed by atoms with Gasteiger partial charge in [-0.15, -0.1) is 0 Å². The maximum Gasteiger partial charge on any atom is 0.287 e. The second-order valence-electron chi connectivity index (χ2n) is 8.66. The molecule has 0 spiro atoms. The molecule has 0 unspecified atom stereocenters. The van der Waals surface area contributed by atoms with E-state index in [1.54, 1.807) is 0 Å². The topological polar surface area (TPSA) is 76.0 Å². The van der Waals surface area contributed by atoms with Crippen molar-refractivity contribution in [3.63, 3.8) is 0 Å². The van der Waals surface area contributed by atoms with Gasteiger partial charge < -0.3 is 15.2 Å². The molecule has 6 nitrogen and oxygen atoms in total. The Hall–Kier alpha value is -2.11. The van der Waals surface area contributed by atoms with Crippen LogP contribution in [0.1, 0.15) is 92.5 Å². The first-order chi connectivity index (χ1) is 12.8. The Kier molecular flexibility index (Phi) is 6.02. The molecule has 2 N–H and O–H groups in total. The molecule has 1 aliphatic heterocycles. The molecular weight excluding hydrogens is 340 g/mol. The molecule has 2 amide bonds. The fraction of sp³-hybridized carbons (Fsp3) is 0.667. The summed E-state index contributed by atoms with van der Waals surface area (Å²) in [5.74, 6) is -0.0105. The lowest BCUT2D eigenvalue weighted by atomic mass is 9.97. The van der Waals surface area contributed by atoms with Crippen molar-refractivity contribution in [1.29, 1.82) is 0 Å². The highest BCUT2D eigenvalue weighted by atomic mass is 16.2. The van der Waals surface area contributed by atoms with Crippen molar-refractivity contribution in [2.75, 3.05) is 6.54 Å². The van der Waals surface area contributed by atoms with Crippen LogP contribution >= 0.6 is 0 Å². The number of rotatable bonds is 5. The number of nitrogens with one attached hydrogen (secondary N) is 2. The van der Waals surface area contributed by atoms with E-state index in [0.29, 0.717) is 18.1 Å². The molecule has 3 rings (SSSR count). The monoisotopic (exact) mass is 372 g/mol. The summed E-state index contributed by atoms with van der Waals surface area (Å²) in [6.07, 6.45) is 10.9. The van der Waals surface area contributed by atoms with Gasteiger partial charge in [0.05, 0.1) is 5.69 Å². The number of imidazole rings is 1. The van der Waals surface area contributed by atoms with Crippen LogP contribution in [0.3, 0.4) is 0 Å². The van der Waals surface area contributed by atoms with Crippen LogP contribution in [0.4, 0.5) is 0 Å². The second kappa shape index (κ2) is 8.28. The lowest BCUT2D eigenvalue weighted by Crippen LogP contribution is -2.42. The lowest BCUT2D eigenvalue weighted by molar-refractivity contribution is 0.0903. The summed E-state index contributed by atoms with van der Waals surface area (Å²) in [5.41, 5.74) is 2.42. The summed E-state index contributed by atoms with van der Waals surface area (Å²) in [7, 11) is 0. The third-order valence-corrected chi connectivity index (χ3v) is 5.14. The molecule has 0 radical (unpaired) electrons. The molecule has 27 heavy (non-hydrogen) atoms. The maximum atomic E-state index is 12.7. The van der Waals surface area contributed by atoms with Gasteiger partial charge in [0, 0.05) is 18.6 Å². The number of carbonyl (C=O) groups excluding carboxylic acids is 2. The van der Waals surface area contributed by atoms with Crippen molar-refractivity contribution in [2.24, 2.45) is 0 Å². The zero-order valence-electron chi connectivity index (χ0n) is 16.9. The van der Waals surface area contributed by atoms with Gasteiger partial charge in [0.2, 0.25) is 0 Å². The van der Waals surface area contributed by atoms with Crippen molar-refractivity contribution < 1.29 is 9.59 Å². The average Bonchev–Trinajstić information content (AvgIpc) is 3.01. The highest BCUT2D eigenvalue weighted by Gasteiger charge is 2.28. The van der Waals surface area contributed by atoms with Gasteiger partial charge in [0.1, 0.15) is 5.69 Å². The molecular formula is C21H32N4O2. The minimum atomic E-state index is -0.339. The minimum absolute atomic E-state index is 0.160. The summed E-state index contributed by atoms with van der Waals surface area (Å²) in [4.78, 5) is 29.9. The Balaban J connectivity index is 1.71. The van der Waals surface area contributed by atoms with Gasteiger partial charge in [-0.05, 0) is 72.1 Å². The molecule has 6 heteroatoms. The van der Waals surface area contributed by atoms with Crippen LogP contribution in [0.2, 0.25) is 0 Å². The number of aromatic nitrogens is 2. The number of allylic oxidation sites excluding steroid dienone is 1. The van der Waals surface area contributed by atoms with Crippen molar-refractivity contribution in [3.05, 3.63) is 28.9 Å². The molecule has 148 valence electrons. The third-order valence-electron chi connectivity index (χ3n) is 5.14. The Morgan fingerprint density at radius 1 is 1.11 bits per heavy atom. The number of amides is 2. The minimum Gasteiger partial charge on any atom is -0.350 e. The molecule has 0 bridgehead atoms. The molecule has 0 aromatic carbocycles. The van der Waals surface area contributed by atoms with Crippen molar-refractivity contribution in [3.8, 4) is 0 Å². The predicted molar refractivity (Wildman–Crippen MR) is 106 cm³/mol. The van der Waals surface area contributed by atoms with Crippen molar-refractivity contribution >= 4 is 11.8 Å². The fourth-order valence-electron chi connectivity index (χ4n) is 3.85. The van der Waals surface area contributed by atoms with E-state index in [2.05, 4.69) is 21.7 Å². The van der Waals surface area contributed by atoms with Gasteiger partial charge in [0.25, 0.3) is 11.8 Å². The average molecular weight is 373 g/mol. The molecule has 1 aromatic rings. The molecule has 1 aromatic heterocycles. The van der Waals surface area contributed by atoms with Crippen LogP contribution in [-0.4, -0.2) is 33.4 Å². The van der Waals surface area contributed by atoms with E-state index >= 15 is 0 Å². The third kappa shape index (κ3) is 4.99. The van der Waals surface area contributed by atoms with Gasteiger partial charge in [0.15, 0.2) is 5.82 Å². The van der Waals surface area contributed by atoms with Gasteiger partial charge in [-0.2, -0.15) is 0 Å². The van der Waals surface area contributed by atoms with Gasteiger partial charge in [-0.3, -0.25) is 9.59 Å². The maximum absolute atomic E-state index is 12.7. The number of fused-ring (bicyclic) bond motifs is 1. The summed E-state index contributed by atoms with van der Waals surface area (Å²) >= 11 is 0. The lowest BCUT2D eigenvalue weighted by Gasteiger charge is -2.22. The zero-order valence-corrected chi connectivity index (χ0v) is 16.9. The summed E-state index contributed by atoms with van der Waals surface area (Å²) in [6, 6.07) is 0. The molecule has 0 atom stereocenters. The number of hydrogen-bond acceptors (Lipinski definition) is 3. The van der Waals surface area contributed by atoms with Crippen LogP contribution in [0.15, 0.2) is 11.6 Å². The highest BCUT2D eigenvalue weighted by Crippen LogP contribution is 2.22. The SMILES string of the molecule is CC(C)(C)NC(=O)c1nc(C(=O)NCCC2=CCCCC2)c2n1CCCC2. The molecule has 2 heterocycles. The summed E-state index contributed by atoms with van der Waals surface area (Å²) in [6.45, 7) is 7.20. The molecule has 0 saturated heterocycles. The summed E-state index contributed by atoms with van der Waals surface area (Å²) < 4.78 is 1.93. The zero-order chi connectivity index (χ0) is 19.4. The summed E-state index contributed by atoms with van der Waals surface area (Å²) in [5, 5.41) is 5.97. The first-order valence-corrected chi connectivity index (χ1v) is 10.2. The number of nitrogens with zero attached hydrogens (tertiary/aromatic N) is 2. The molecule has 2 aliphatic rings. The van der Waals surface area contributed by atoms with Crippen LogP contribution in [0, 0.1) is 0 Å². The van der Waals surface area contributed by atoms with Crippen LogP contribution < -0.4 is 10.6 Å². The van der Waals surface area contributed by atoms with Crippen molar-refractivity contribution in [2.45, 2.75) is 84.2 Å². The first-order valence-electron chi connectivity index (χ1n) is 10.2. The van der Waals surface area contributed by atoms with E-state index in [9.17, 15) is 9.59 Å². The quantitative estimate of drug-likeness (QED) is 0.778. The van der Waals surface area contributed by atoms with Crippen LogP contribution in [-0.2, 0) is 13.0 Å². The number of hydrogen-bond donors (Lipinski definition) is 2. The largest absolute Gasteiger partial charge is 0.350 e. The Bertz CT molecular complexity index is 740. The first kappa shape index (κ1) is 19.6. The second-order valence-corrected chi connectivity index (χ2v) is 8.66. The fourth-order valence-corrected chi connectivity index (χ4v) is 3.85. The highest BCUT2D eigenvalue weighted by molar-refractivity contribution is 5.97. The van der Waals surface area contributed by atoms with E-state index in [0.717, 1.165) is 50.8 Å². The molecule has 0 saturated carbocycles. The number of carbonyl (C=O) groups is 2. The van der Waals surface area contributed by atoms with E-state index in [-0.39, 0.29) is 17.4 Å². The standard InChI is InChI=1S/C21H32N4O2/c1-21(2,3)24-20(27)18-23-17(16-11-7-8-14-25(16)18)19(26)22-13-12-15-9-5-4-6-10-15/h9H,4-8,10-14H2,1-3H3,(H,22,26)(H,24,27). The van der Waals surface area contributed by atoms with Gasteiger partial charge >= 0.3 is 0 Å². The van der Waals surface area contributed by atoms with E-state index in [4.69, 9.17) is 0 Å². The van der Waals surface area contributed by atoms with E-state index in [1.807, 2.05) is 25.3 Å². The Labute approximate surface area is 161 Å². The van der Waals surface area contributed by atoms with E-state index in [1.165, 1.54) is 18.4 Å². The van der Waals surface area contributed by atoms with Crippen molar-refractivity contribution in [1.82, 2.24) is 20.2 Å². The predicted octanol–water partition coefficient (Wildman–Crippen LogP) is 3.37. The van der Waals surface area contributed by atoms with E-state index < -0.39 is 0 Å². The van der Waals surface area contributed by atoms with Gasteiger partial charge in [-0.25, -0.2) is 4.98 Å². The van der Waals surface area contributed by atoms with Crippen LogP contribution in [0.25, 0.3) is 0 Å². The normalized spacial score (nSPS) is 17.1. The Morgan fingerprint density at radius 3 is 2.59 bits per heavy atom. The Morgan fingerprint density at radius 2 is 1.89 bits per heavy atom. The molecule has 0 fully saturated rings. The molecule has 1 aliphatic carbocycles. The van der Waals surface area contributed by atoms with Gasteiger partial charge in [-0.1, -0.05) is 11.6 Å². The van der Waals surface area contributed by atoms with Crippen LogP contribution in [0.5, 0.6) is 0 Å². The smallest absolute Gasteiger partial charge is 0.287 e.